The third kappa shape index (κ3) is 3.65. The van der Waals surface area contributed by atoms with E-state index in [0.717, 1.165) is 17.3 Å². The lowest BCUT2D eigenvalue weighted by molar-refractivity contribution is 0.259. The molecule has 0 atom stereocenters. The number of aromatic nitrogens is 2. The Balaban J connectivity index is 1.98. The Labute approximate surface area is 123 Å². The molecular formula is C14H20N6O. The second kappa shape index (κ2) is 6.17. The molecular weight excluding hydrogens is 268 g/mol. The normalized spacial score (nSPS) is 10.2. The first-order valence-corrected chi connectivity index (χ1v) is 6.55. The summed E-state index contributed by atoms with van der Waals surface area (Å²) in [6, 6.07) is 6.79. The van der Waals surface area contributed by atoms with Gasteiger partial charge in [-0.15, -0.1) is 0 Å². The maximum Gasteiger partial charge on any atom is 0.316 e. The number of rotatable bonds is 5. The number of carbonyl (C=O) groups is 1. The van der Waals surface area contributed by atoms with Gasteiger partial charge in [0.05, 0.1) is 18.4 Å². The smallest absolute Gasteiger partial charge is 0.316 e. The molecule has 1 aromatic heterocycles. The maximum atomic E-state index is 10.7. The summed E-state index contributed by atoms with van der Waals surface area (Å²) in [4.78, 5) is 17.1. The number of primary amides is 1. The number of hydrogen-bond donors (Lipinski definition) is 3. The van der Waals surface area contributed by atoms with Crippen molar-refractivity contribution < 1.29 is 4.79 Å². The fourth-order valence-electron chi connectivity index (χ4n) is 2.02. The highest BCUT2D eigenvalue weighted by molar-refractivity contribution is 5.87. The van der Waals surface area contributed by atoms with E-state index < -0.39 is 6.03 Å². The molecule has 2 amide bonds. The van der Waals surface area contributed by atoms with Gasteiger partial charge in [0.2, 0.25) is 5.95 Å². The van der Waals surface area contributed by atoms with E-state index in [9.17, 15) is 4.79 Å². The summed E-state index contributed by atoms with van der Waals surface area (Å²) in [6.07, 6.45) is 1.85. The molecule has 7 nitrogen and oxygen atoms in total. The van der Waals surface area contributed by atoms with Crippen LogP contribution in [0.3, 0.4) is 0 Å². The van der Waals surface area contributed by atoms with Crippen molar-refractivity contribution >= 4 is 23.4 Å². The van der Waals surface area contributed by atoms with Crippen molar-refractivity contribution in [2.75, 3.05) is 29.6 Å². The molecule has 21 heavy (non-hydrogen) atoms. The number of imidazole rings is 1. The van der Waals surface area contributed by atoms with Gasteiger partial charge >= 0.3 is 6.03 Å². The Hall–Kier alpha value is -2.70. The summed E-state index contributed by atoms with van der Waals surface area (Å²) in [7, 11) is 5.91. The van der Waals surface area contributed by atoms with Crippen molar-refractivity contribution in [1.82, 2.24) is 9.55 Å². The van der Waals surface area contributed by atoms with Gasteiger partial charge in [-0.25, -0.2) is 9.78 Å². The van der Waals surface area contributed by atoms with Crippen molar-refractivity contribution in [1.29, 1.82) is 0 Å². The van der Waals surface area contributed by atoms with Crippen LogP contribution in [0.2, 0.25) is 0 Å². The summed E-state index contributed by atoms with van der Waals surface area (Å²) in [6.45, 7) is 0.667. The molecule has 0 unspecified atom stereocenters. The molecule has 0 radical (unpaired) electrons. The van der Waals surface area contributed by atoms with Gasteiger partial charge < -0.3 is 25.8 Å². The predicted molar refractivity (Wildman–Crippen MR) is 84.5 cm³/mol. The van der Waals surface area contributed by atoms with Crippen molar-refractivity contribution in [3.63, 3.8) is 0 Å². The standard InChI is InChI=1S/C14H20N6O/c1-19(2)14-17-9-12(20(14)3)8-16-10-4-6-11(7-5-10)18-13(15)21/h4-7,9,16H,8H2,1-3H3,(H3,15,18,21). The maximum absolute atomic E-state index is 10.7. The van der Waals surface area contributed by atoms with Gasteiger partial charge in [-0.05, 0) is 24.3 Å². The first kappa shape index (κ1) is 14.7. The number of anilines is 3. The van der Waals surface area contributed by atoms with Crippen LogP contribution in [0.4, 0.5) is 22.1 Å². The minimum atomic E-state index is -0.568. The average molecular weight is 288 g/mol. The van der Waals surface area contributed by atoms with E-state index in [-0.39, 0.29) is 0 Å². The fourth-order valence-corrected chi connectivity index (χ4v) is 2.02. The van der Waals surface area contributed by atoms with Crippen LogP contribution in [0.1, 0.15) is 5.69 Å². The molecule has 0 aliphatic carbocycles. The Morgan fingerprint density at radius 3 is 2.43 bits per heavy atom. The number of nitrogens with zero attached hydrogens (tertiary/aromatic N) is 3. The molecule has 0 spiro atoms. The Morgan fingerprint density at radius 2 is 1.90 bits per heavy atom. The quantitative estimate of drug-likeness (QED) is 0.779. The third-order valence-electron chi connectivity index (χ3n) is 3.09. The summed E-state index contributed by atoms with van der Waals surface area (Å²) < 4.78 is 2.04. The topological polar surface area (TPSA) is 88.2 Å². The van der Waals surface area contributed by atoms with Crippen LogP contribution in [-0.2, 0) is 13.6 Å². The molecule has 2 aromatic rings. The zero-order valence-corrected chi connectivity index (χ0v) is 12.4. The monoisotopic (exact) mass is 288 g/mol. The Kier molecular flexibility index (Phi) is 4.32. The minimum absolute atomic E-state index is 0.568. The van der Waals surface area contributed by atoms with Gasteiger partial charge in [0.25, 0.3) is 0 Å². The molecule has 7 heteroatoms. The second-order valence-corrected chi connectivity index (χ2v) is 4.92. The molecule has 2 rings (SSSR count). The van der Waals surface area contributed by atoms with Gasteiger partial charge in [0.1, 0.15) is 0 Å². The molecule has 0 bridgehead atoms. The van der Waals surface area contributed by atoms with Gasteiger partial charge in [-0.3, -0.25) is 0 Å². The summed E-state index contributed by atoms with van der Waals surface area (Å²) in [5, 5.41) is 5.83. The molecule has 0 saturated heterocycles. The van der Waals surface area contributed by atoms with Crippen LogP contribution in [0.5, 0.6) is 0 Å². The van der Waals surface area contributed by atoms with Gasteiger partial charge in [0, 0.05) is 32.5 Å². The predicted octanol–water partition coefficient (Wildman–Crippen LogP) is 1.59. The largest absolute Gasteiger partial charge is 0.379 e. The molecule has 1 heterocycles. The number of amides is 2. The van der Waals surface area contributed by atoms with E-state index in [1.54, 1.807) is 12.1 Å². The van der Waals surface area contributed by atoms with Crippen LogP contribution in [0.15, 0.2) is 30.5 Å². The molecule has 112 valence electrons. The summed E-state index contributed by atoms with van der Waals surface area (Å²) >= 11 is 0. The number of urea groups is 1. The van der Waals surface area contributed by atoms with E-state index in [1.165, 1.54) is 0 Å². The van der Waals surface area contributed by atoms with Crippen molar-refractivity contribution in [2.24, 2.45) is 12.8 Å². The highest BCUT2D eigenvalue weighted by atomic mass is 16.2. The van der Waals surface area contributed by atoms with Crippen molar-refractivity contribution in [2.45, 2.75) is 6.54 Å². The summed E-state index contributed by atoms with van der Waals surface area (Å²) in [5.41, 5.74) is 7.77. The van der Waals surface area contributed by atoms with E-state index in [1.807, 2.05) is 48.9 Å². The average Bonchev–Trinajstić information content (AvgIpc) is 2.79. The van der Waals surface area contributed by atoms with E-state index in [0.29, 0.717) is 12.2 Å². The number of hydrogen-bond acceptors (Lipinski definition) is 4. The van der Waals surface area contributed by atoms with Crippen LogP contribution >= 0.6 is 0 Å². The van der Waals surface area contributed by atoms with E-state index in [4.69, 9.17) is 5.73 Å². The molecule has 1 aromatic carbocycles. The number of carbonyl (C=O) groups excluding carboxylic acids is 1. The first-order chi connectivity index (χ1) is 9.97. The minimum Gasteiger partial charge on any atom is -0.379 e. The van der Waals surface area contributed by atoms with Gasteiger partial charge in [-0.1, -0.05) is 0 Å². The van der Waals surface area contributed by atoms with Crippen molar-refractivity contribution in [3.8, 4) is 0 Å². The number of nitrogens with two attached hydrogens (primary N) is 1. The molecule has 0 fully saturated rings. The zero-order chi connectivity index (χ0) is 15.4. The van der Waals surface area contributed by atoms with Gasteiger partial charge in [0.15, 0.2) is 0 Å². The van der Waals surface area contributed by atoms with Crippen molar-refractivity contribution in [3.05, 3.63) is 36.2 Å². The second-order valence-electron chi connectivity index (χ2n) is 4.92. The van der Waals surface area contributed by atoms with E-state index in [2.05, 4.69) is 15.6 Å². The lowest BCUT2D eigenvalue weighted by Gasteiger charge is -2.13. The highest BCUT2D eigenvalue weighted by Crippen LogP contribution is 2.16. The number of benzene rings is 1. The Morgan fingerprint density at radius 1 is 1.29 bits per heavy atom. The molecule has 4 N–H and O–H groups in total. The highest BCUT2D eigenvalue weighted by Gasteiger charge is 2.07. The third-order valence-corrected chi connectivity index (χ3v) is 3.09. The Bertz CT molecular complexity index is 617. The lowest BCUT2D eigenvalue weighted by atomic mass is 10.2. The lowest BCUT2D eigenvalue weighted by Crippen LogP contribution is -2.19. The molecule has 0 aliphatic rings. The van der Waals surface area contributed by atoms with Crippen LogP contribution < -0.4 is 21.3 Å². The van der Waals surface area contributed by atoms with Gasteiger partial charge in [-0.2, -0.15) is 0 Å². The van der Waals surface area contributed by atoms with Crippen LogP contribution in [-0.4, -0.2) is 29.7 Å². The molecule has 0 saturated carbocycles. The van der Waals surface area contributed by atoms with Crippen LogP contribution in [0.25, 0.3) is 0 Å². The summed E-state index contributed by atoms with van der Waals surface area (Å²) in [5.74, 6) is 0.910. The zero-order valence-electron chi connectivity index (χ0n) is 12.4. The molecule has 0 aliphatic heterocycles. The first-order valence-electron chi connectivity index (χ1n) is 6.55. The number of nitrogens with one attached hydrogen (secondary N) is 2. The SMILES string of the molecule is CN(C)c1ncc(CNc2ccc(NC(N)=O)cc2)n1C. The van der Waals surface area contributed by atoms with Crippen LogP contribution in [0, 0.1) is 0 Å². The fraction of sp³-hybridized carbons (Fsp3) is 0.286. The van der Waals surface area contributed by atoms with E-state index >= 15 is 0 Å².